The number of anilines is 1. The molecule has 0 aliphatic heterocycles. The van der Waals surface area contributed by atoms with E-state index in [0.717, 1.165) is 17.3 Å². The van der Waals surface area contributed by atoms with Gasteiger partial charge in [0.1, 0.15) is 5.82 Å². The number of nitrogens with one attached hydrogen (secondary N) is 1. The minimum Gasteiger partial charge on any atom is -0.437 e. The minimum atomic E-state index is -0.0319. The van der Waals surface area contributed by atoms with Crippen molar-refractivity contribution in [3.63, 3.8) is 0 Å². The third-order valence-electron chi connectivity index (χ3n) is 2.40. The second-order valence-corrected chi connectivity index (χ2v) is 5.43. The van der Waals surface area contributed by atoms with Crippen molar-refractivity contribution in [3.8, 4) is 11.6 Å². The van der Waals surface area contributed by atoms with E-state index in [9.17, 15) is 0 Å². The Hall–Kier alpha value is -2.10. The third kappa shape index (κ3) is 3.95. The summed E-state index contributed by atoms with van der Waals surface area (Å²) >= 11 is 0. The molecule has 0 aromatic carbocycles. The largest absolute Gasteiger partial charge is 0.437 e. The van der Waals surface area contributed by atoms with E-state index in [-0.39, 0.29) is 5.54 Å². The summed E-state index contributed by atoms with van der Waals surface area (Å²) in [6.45, 7) is 8.18. The number of ether oxygens (including phenoxy) is 1. The molecule has 0 atom stereocenters. The van der Waals surface area contributed by atoms with Crippen molar-refractivity contribution in [2.45, 2.75) is 33.2 Å². The van der Waals surface area contributed by atoms with Crippen LogP contribution < -0.4 is 10.1 Å². The second kappa shape index (κ2) is 5.26. The fraction of sp³-hybridized carbons (Fsp3) is 0.333. The minimum absolute atomic E-state index is 0.0319. The molecule has 0 aliphatic rings. The van der Waals surface area contributed by atoms with Crippen molar-refractivity contribution in [1.82, 2.24) is 9.97 Å². The summed E-state index contributed by atoms with van der Waals surface area (Å²) in [5.41, 5.74) is 0.814. The van der Waals surface area contributed by atoms with Crippen molar-refractivity contribution < 1.29 is 4.74 Å². The lowest BCUT2D eigenvalue weighted by atomic mass is 10.1. The standard InChI is InChI=1S/C15H19N3O/c1-11-12(7-6-10-16-11)19-14-9-5-8-13(17-14)18-15(2,3)4/h5-10H,1-4H3,(H,17,18). The monoisotopic (exact) mass is 257 g/mol. The molecule has 0 unspecified atom stereocenters. The first kappa shape index (κ1) is 13.3. The Morgan fingerprint density at radius 3 is 2.58 bits per heavy atom. The predicted molar refractivity (Wildman–Crippen MR) is 76.7 cm³/mol. The highest BCUT2D eigenvalue weighted by Crippen LogP contribution is 2.23. The van der Waals surface area contributed by atoms with Crippen LogP contribution in [0.2, 0.25) is 0 Å². The van der Waals surface area contributed by atoms with Gasteiger partial charge in [0.05, 0.1) is 5.69 Å². The van der Waals surface area contributed by atoms with Crippen LogP contribution in [-0.4, -0.2) is 15.5 Å². The highest BCUT2D eigenvalue weighted by molar-refractivity contribution is 5.40. The van der Waals surface area contributed by atoms with Crippen LogP contribution in [0.3, 0.4) is 0 Å². The van der Waals surface area contributed by atoms with E-state index in [4.69, 9.17) is 4.74 Å². The summed E-state index contributed by atoms with van der Waals surface area (Å²) in [6.07, 6.45) is 1.74. The summed E-state index contributed by atoms with van der Waals surface area (Å²) in [4.78, 5) is 8.62. The Balaban J connectivity index is 2.18. The van der Waals surface area contributed by atoms with Gasteiger partial charge in [0.2, 0.25) is 5.88 Å². The summed E-state index contributed by atoms with van der Waals surface area (Å²) in [5, 5.41) is 3.32. The number of hydrogen-bond donors (Lipinski definition) is 1. The molecular weight excluding hydrogens is 238 g/mol. The zero-order chi connectivity index (χ0) is 13.9. The molecule has 0 saturated carbocycles. The molecule has 19 heavy (non-hydrogen) atoms. The van der Waals surface area contributed by atoms with Crippen LogP contribution in [0.25, 0.3) is 0 Å². The lowest BCUT2D eigenvalue weighted by molar-refractivity contribution is 0.456. The topological polar surface area (TPSA) is 47.0 Å². The van der Waals surface area contributed by atoms with Crippen LogP contribution in [-0.2, 0) is 0 Å². The highest BCUT2D eigenvalue weighted by atomic mass is 16.5. The van der Waals surface area contributed by atoms with Crippen molar-refractivity contribution in [1.29, 1.82) is 0 Å². The number of hydrogen-bond acceptors (Lipinski definition) is 4. The first-order valence-corrected chi connectivity index (χ1v) is 6.29. The Bertz CT molecular complexity index is 561. The van der Waals surface area contributed by atoms with Crippen LogP contribution in [0.1, 0.15) is 26.5 Å². The number of nitrogens with zero attached hydrogens (tertiary/aromatic N) is 2. The summed E-state index contributed by atoms with van der Waals surface area (Å²) < 4.78 is 5.75. The second-order valence-electron chi connectivity index (χ2n) is 5.43. The van der Waals surface area contributed by atoms with Gasteiger partial charge in [-0.15, -0.1) is 0 Å². The summed E-state index contributed by atoms with van der Waals surface area (Å²) in [5.74, 6) is 2.08. The molecule has 0 amide bonds. The molecule has 2 heterocycles. The van der Waals surface area contributed by atoms with Crippen molar-refractivity contribution in [2.75, 3.05) is 5.32 Å². The predicted octanol–water partition coefficient (Wildman–Crippen LogP) is 3.79. The van der Waals surface area contributed by atoms with Gasteiger partial charge in [-0.2, -0.15) is 4.98 Å². The van der Waals surface area contributed by atoms with Gasteiger partial charge in [-0.1, -0.05) is 6.07 Å². The van der Waals surface area contributed by atoms with Crippen molar-refractivity contribution in [3.05, 3.63) is 42.2 Å². The van der Waals surface area contributed by atoms with Gasteiger partial charge in [0.15, 0.2) is 5.75 Å². The zero-order valence-corrected chi connectivity index (χ0v) is 11.8. The molecule has 4 heteroatoms. The highest BCUT2D eigenvalue weighted by Gasteiger charge is 2.11. The SMILES string of the molecule is Cc1ncccc1Oc1cccc(NC(C)(C)C)n1. The quantitative estimate of drug-likeness (QED) is 0.908. The maximum atomic E-state index is 5.75. The molecule has 4 nitrogen and oxygen atoms in total. The zero-order valence-electron chi connectivity index (χ0n) is 11.8. The molecule has 0 fully saturated rings. The first-order chi connectivity index (χ1) is 8.94. The molecule has 2 aromatic rings. The molecule has 0 aliphatic carbocycles. The summed E-state index contributed by atoms with van der Waals surface area (Å²) in [7, 11) is 0. The van der Waals surface area contributed by atoms with Crippen LogP contribution >= 0.6 is 0 Å². The van der Waals surface area contributed by atoms with Gasteiger partial charge < -0.3 is 10.1 Å². The summed E-state index contributed by atoms with van der Waals surface area (Å²) in [6, 6.07) is 9.41. The molecular formula is C15H19N3O. The van der Waals surface area contributed by atoms with E-state index >= 15 is 0 Å². The van der Waals surface area contributed by atoms with E-state index < -0.39 is 0 Å². The molecule has 2 aromatic heterocycles. The fourth-order valence-electron chi connectivity index (χ4n) is 1.62. The molecule has 2 rings (SSSR count). The van der Waals surface area contributed by atoms with Gasteiger partial charge in [-0.25, -0.2) is 0 Å². The maximum Gasteiger partial charge on any atom is 0.221 e. The first-order valence-electron chi connectivity index (χ1n) is 6.29. The van der Waals surface area contributed by atoms with E-state index in [1.54, 1.807) is 6.20 Å². The lowest BCUT2D eigenvalue weighted by Crippen LogP contribution is -2.26. The smallest absolute Gasteiger partial charge is 0.221 e. The van der Waals surface area contributed by atoms with Crippen LogP contribution in [0.4, 0.5) is 5.82 Å². The van der Waals surface area contributed by atoms with Crippen molar-refractivity contribution >= 4 is 5.82 Å². The van der Waals surface area contributed by atoms with Crippen LogP contribution in [0, 0.1) is 6.92 Å². The van der Waals surface area contributed by atoms with Gasteiger partial charge >= 0.3 is 0 Å². The van der Waals surface area contributed by atoms with E-state index in [2.05, 4.69) is 36.1 Å². The van der Waals surface area contributed by atoms with E-state index in [0.29, 0.717) is 5.88 Å². The lowest BCUT2D eigenvalue weighted by Gasteiger charge is -2.21. The Morgan fingerprint density at radius 2 is 1.89 bits per heavy atom. The molecule has 0 spiro atoms. The molecule has 100 valence electrons. The average Bonchev–Trinajstić information content (AvgIpc) is 2.30. The average molecular weight is 257 g/mol. The van der Waals surface area contributed by atoms with Gasteiger partial charge in [0.25, 0.3) is 0 Å². The molecule has 1 N–H and O–H groups in total. The Kier molecular flexibility index (Phi) is 3.69. The fourth-order valence-corrected chi connectivity index (χ4v) is 1.62. The Labute approximate surface area is 113 Å². The third-order valence-corrected chi connectivity index (χ3v) is 2.40. The number of aryl methyl sites for hydroxylation is 1. The molecule has 0 saturated heterocycles. The van der Waals surface area contributed by atoms with E-state index in [1.807, 2.05) is 37.3 Å². The van der Waals surface area contributed by atoms with Crippen LogP contribution in [0.15, 0.2) is 36.5 Å². The number of pyridine rings is 2. The molecule has 0 radical (unpaired) electrons. The maximum absolute atomic E-state index is 5.75. The van der Waals surface area contributed by atoms with Gasteiger partial charge in [-0.3, -0.25) is 4.98 Å². The Morgan fingerprint density at radius 1 is 1.11 bits per heavy atom. The molecule has 0 bridgehead atoms. The van der Waals surface area contributed by atoms with Crippen LogP contribution in [0.5, 0.6) is 11.6 Å². The van der Waals surface area contributed by atoms with Crippen molar-refractivity contribution in [2.24, 2.45) is 0 Å². The van der Waals surface area contributed by atoms with E-state index in [1.165, 1.54) is 0 Å². The van der Waals surface area contributed by atoms with Gasteiger partial charge in [-0.05, 0) is 45.9 Å². The number of aromatic nitrogens is 2. The van der Waals surface area contributed by atoms with Gasteiger partial charge in [0, 0.05) is 17.8 Å². The normalized spacial score (nSPS) is 11.2. The number of rotatable bonds is 3.